The van der Waals surface area contributed by atoms with Crippen molar-refractivity contribution >= 4 is 28.1 Å². The zero-order valence-corrected chi connectivity index (χ0v) is 31.7. The van der Waals surface area contributed by atoms with Gasteiger partial charge in [-0.3, -0.25) is 9.97 Å². The molecule has 2 aromatic rings. The van der Waals surface area contributed by atoms with Crippen LogP contribution in [0.3, 0.4) is 0 Å². The number of carbonyl (C=O) groups excluding carboxylic acids is 2. The van der Waals surface area contributed by atoms with Crippen LogP contribution in [0.4, 0.5) is 9.59 Å². The molecule has 0 N–H and O–H groups in total. The van der Waals surface area contributed by atoms with Gasteiger partial charge >= 0.3 is 12.2 Å². The summed E-state index contributed by atoms with van der Waals surface area (Å²) in [5.41, 5.74) is 0.429. The van der Waals surface area contributed by atoms with Gasteiger partial charge in [-0.25, -0.2) is 9.59 Å². The first-order valence-electron chi connectivity index (χ1n) is 17.4. The smallest absolute Gasteiger partial charge is 0.410 e. The maximum absolute atomic E-state index is 12.6. The number of rotatable bonds is 2. The summed E-state index contributed by atoms with van der Waals surface area (Å²) in [4.78, 5) is 37.4. The molecule has 4 saturated heterocycles. The average Bonchev–Trinajstić information content (AvgIpc) is 3.49. The second-order valence-corrected chi connectivity index (χ2v) is 16.9. The number of nitrogens with zero attached hydrogens (tertiary/aromatic N) is 6. The quantitative estimate of drug-likeness (QED) is 0.283. The molecule has 6 rings (SSSR count). The summed E-state index contributed by atoms with van der Waals surface area (Å²) >= 11 is 3.44. The summed E-state index contributed by atoms with van der Waals surface area (Å²) < 4.78 is 12.0. The van der Waals surface area contributed by atoms with Crippen LogP contribution >= 0.6 is 15.9 Å². The van der Waals surface area contributed by atoms with E-state index in [0.717, 1.165) is 46.8 Å². The van der Waals surface area contributed by atoms with Gasteiger partial charge in [0.2, 0.25) is 0 Å². The van der Waals surface area contributed by atoms with Gasteiger partial charge in [0.25, 0.3) is 0 Å². The van der Waals surface area contributed by atoms with Gasteiger partial charge in [0.05, 0.1) is 23.0 Å². The largest absolute Gasteiger partial charge is 0.444 e. The molecule has 10 nitrogen and oxygen atoms in total. The van der Waals surface area contributed by atoms with E-state index in [1.165, 1.54) is 0 Å². The van der Waals surface area contributed by atoms with E-state index < -0.39 is 22.0 Å². The lowest BCUT2D eigenvalue weighted by molar-refractivity contribution is 0.00119. The molecule has 0 saturated carbocycles. The molecule has 2 amide bonds. The topological polar surface area (TPSA) is 132 Å². The van der Waals surface area contributed by atoms with E-state index >= 15 is 0 Å². The van der Waals surface area contributed by atoms with E-state index in [9.17, 15) is 20.1 Å². The van der Waals surface area contributed by atoms with E-state index in [4.69, 9.17) is 9.47 Å². The molecule has 0 aliphatic carbocycles. The van der Waals surface area contributed by atoms with Crippen LogP contribution in [0.25, 0.3) is 0 Å². The van der Waals surface area contributed by atoms with E-state index in [-0.39, 0.29) is 36.4 Å². The number of amides is 2. The number of fused-ring (bicyclic) bond motifs is 4. The Morgan fingerprint density at radius 3 is 1.50 bits per heavy atom. The van der Waals surface area contributed by atoms with Crippen molar-refractivity contribution in [3.63, 3.8) is 0 Å². The molecular weight excluding hydrogens is 696 g/mol. The highest BCUT2D eigenvalue weighted by Crippen LogP contribution is 2.49. The molecule has 4 aliphatic heterocycles. The summed E-state index contributed by atoms with van der Waals surface area (Å²) in [7, 11) is 0. The first-order chi connectivity index (χ1) is 23.5. The third-order valence-electron chi connectivity index (χ3n) is 10.0. The maximum atomic E-state index is 12.6. The normalized spacial score (nSPS) is 28.2. The molecule has 0 radical (unpaired) electrons. The van der Waals surface area contributed by atoms with Gasteiger partial charge in [-0.05, 0) is 139 Å². The molecule has 264 valence electrons. The number of nitriles is 2. The highest BCUT2D eigenvalue weighted by Gasteiger charge is 2.53. The minimum Gasteiger partial charge on any atom is -0.444 e. The van der Waals surface area contributed by atoms with Crippen molar-refractivity contribution in [1.82, 2.24) is 19.8 Å². The fraction of sp³-hybridized carbons (Fsp3) is 0.590. The van der Waals surface area contributed by atoms with Crippen LogP contribution < -0.4 is 0 Å². The molecule has 2 aromatic heterocycles. The number of aromatic nitrogens is 2. The fourth-order valence-electron chi connectivity index (χ4n) is 8.10. The number of piperidine rings is 2. The number of pyridine rings is 2. The monoisotopic (exact) mass is 742 g/mol. The van der Waals surface area contributed by atoms with Crippen molar-refractivity contribution in [2.24, 2.45) is 0 Å². The highest BCUT2D eigenvalue weighted by molar-refractivity contribution is 9.10. The number of halogens is 1. The lowest BCUT2D eigenvalue weighted by Gasteiger charge is -2.43. The maximum Gasteiger partial charge on any atom is 0.410 e. The van der Waals surface area contributed by atoms with Crippen molar-refractivity contribution in [1.29, 1.82) is 10.5 Å². The van der Waals surface area contributed by atoms with Crippen molar-refractivity contribution in [2.75, 3.05) is 0 Å². The number of ether oxygens (including phenoxy) is 2. The summed E-state index contributed by atoms with van der Waals surface area (Å²) in [6.45, 7) is 13.1. The van der Waals surface area contributed by atoms with Gasteiger partial charge in [-0.15, -0.1) is 5.92 Å². The number of carbonyl (C=O) groups is 2. The van der Waals surface area contributed by atoms with Gasteiger partial charge < -0.3 is 19.3 Å². The Hall–Kier alpha value is -4.14. The standard InChI is InChI=1S/C21H25N3O2.C18H22BrN3O2/c1-5-6-15-9-16(13-23-12-15)21(14-22)10-17-7-8-18(11-21)24(17)19(25)26-20(2,3)4;1-17(2,3)24-16(23)22-14-4-5-15(22)8-18(7-14,11-20)12-6-13(19)10-21-9-12/h9,12-13,17-18H,7-8,10-11H2,1-4H3;6,9-10,14-15H,4-5,7-8H2,1-3H3/t17-,18+,21?;14-,15+,18?. The van der Waals surface area contributed by atoms with Crippen LogP contribution in [-0.2, 0) is 20.3 Å². The first kappa shape index (κ1) is 37.1. The summed E-state index contributed by atoms with van der Waals surface area (Å²) in [6.07, 6.45) is 12.6. The van der Waals surface area contributed by atoms with Gasteiger partial charge in [-0.1, -0.05) is 5.92 Å². The zero-order valence-electron chi connectivity index (χ0n) is 30.1. The lowest BCUT2D eigenvalue weighted by atomic mass is 9.71. The predicted molar refractivity (Wildman–Crippen MR) is 192 cm³/mol. The average molecular weight is 744 g/mol. The Morgan fingerprint density at radius 1 is 0.740 bits per heavy atom. The second kappa shape index (κ2) is 14.2. The summed E-state index contributed by atoms with van der Waals surface area (Å²) in [6, 6.07) is 9.18. The third kappa shape index (κ3) is 7.92. The fourth-order valence-corrected chi connectivity index (χ4v) is 8.46. The zero-order chi connectivity index (χ0) is 36.5. The van der Waals surface area contributed by atoms with Gasteiger partial charge in [0, 0.05) is 59.0 Å². The molecule has 0 spiro atoms. The summed E-state index contributed by atoms with van der Waals surface area (Å²) in [5.74, 6) is 5.89. The Morgan fingerprint density at radius 2 is 1.14 bits per heavy atom. The van der Waals surface area contributed by atoms with Crippen LogP contribution in [0.15, 0.2) is 41.4 Å². The summed E-state index contributed by atoms with van der Waals surface area (Å²) in [5, 5.41) is 20.0. The van der Waals surface area contributed by atoms with Crippen LogP contribution in [0, 0.1) is 34.5 Å². The van der Waals surface area contributed by atoms with Crippen molar-refractivity contribution in [3.05, 3.63) is 58.1 Å². The van der Waals surface area contributed by atoms with Crippen molar-refractivity contribution in [2.45, 2.75) is 146 Å². The first-order valence-corrected chi connectivity index (χ1v) is 18.2. The van der Waals surface area contributed by atoms with Gasteiger partial charge in [0.1, 0.15) is 11.2 Å². The molecule has 4 bridgehead atoms. The Labute approximate surface area is 304 Å². The Balaban J connectivity index is 0.000000195. The molecule has 4 aliphatic rings. The third-order valence-corrected chi connectivity index (χ3v) is 10.5. The van der Waals surface area contributed by atoms with E-state index in [0.29, 0.717) is 25.7 Å². The number of hydrogen-bond donors (Lipinski definition) is 0. The highest BCUT2D eigenvalue weighted by atomic mass is 79.9. The molecule has 0 aromatic carbocycles. The van der Waals surface area contributed by atoms with Crippen molar-refractivity contribution in [3.8, 4) is 24.0 Å². The van der Waals surface area contributed by atoms with Gasteiger partial charge in [0.15, 0.2) is 0 Å². The van der Waals surface area contributed by atoms with Gasteiger partial charge in [-0.2, -0.15) is 10.5 Å². The molecule has 11 heteroatoms. The Bertz CT molecular complexity index is 1730. The van der Waals surface area contributed by atoms with Crippen molar-refractivity contribution < 1.29 is 19.1 Å². The molecule has 4 fully saturated rings. The molecule has 2 unspecified atom stereocenters. The van der Waals surface area contributed by atoms with Crippen LogP contribution in [0.2, 0.25) is 0 Å². The molecule has 6 heterocycles. The van der Waals surface area contributed by atoms with E-state index in [2.05, 4.69) is 49.9 Å². The number of hydrogen-bond acceptors (Lipinski definition) is 8. The van der Waals surface area contributed by atoms with Crippen LogP contribution in [0.5, 0.6) is 0 Å². The molecule has 6 atom stereocenters. The van der Waals surface area contributed by atoms with E-state index in [1.54, 1.807) is 31.7 Å². The minimum absolute atomic E-state index is 0.0316. The van der Waals surface area contributed by atoms with E-state index in [1.807, 2.05) is 63.5 Å². The molecular formula is C39H47BrN6O4. The Kier molecular flexibility index (Phi) is 10.6. The van der Waals surface area contributed by atoms with Crippen LogP contribution in [-0.4, -0.2) is 67.3 Å². The minimum atomic E-state index is -0.622. The predicted octanol–water partition coefficient (Wildman–Crippen LogP) is 7.94. The second-order valence-electron chi connectivity index (χ2n) is 16.0. The van der Waals surface area contributed by atoms with Crippen LogP contribution in [0.1, 0.15) is 117 Å². The lowest BCUT2D eigenvalue weighted by Crippen LogP contribution is -2.52. The SMILES string of the molecule is CC#Cc1cncc(C2(C#N)C[C@H]3CC[C@@H](C2)N3C(=O)OC(C)(C)C)c1.CC(C)(C)OC(=O)N1[C@@H]2CC[C@H]1CC(C#N)(c1cncc(Br)c1)C2. The molecule has 50 heavy (non-hydrogen) atoms.